The van der Waals surface area contributed by atoms with Gasteiger partial charge in [0.15, 0.2) is 5.16 Å². The number of hydrogen-bond donors (Lipinski definition) is 1. The van der Waals surface area contributed by atoms with Gasteiger partial charge in [-0.2, -0.15) is 0 Å². The monoisotopic (exact) mass is 316 g/mol. The maximum atomic E-state index is 12.0. The highest BCUT2D eigenvalue weighted by atomic mass is 32.2. The van der Waals surface area contributed by atoms with Crippen molar-refractivity contribution in [2.75, 3.05) is 6.26 Å². The van der Waals surface area contributed by atoms with E-state index in [2.05, 4.69) is 20.3 Å². The lowest BCUT2D eigenvalue weighted by atomic mass is 10.1. The lowest BCUT2D eigenvalue weighted by Crippen LogP contribution is -2.23. The van der Waals surface area contributed by atoms with Crippen molar-refractivity contribution >= 4 is 17.7 Å². The lowest BCUT2D eigenvalue weighted by molar-refractivity contribution is -0.121. The van der Waals surface area contributed by atoms with Crippen LogP contribution in [0.25, 0.3) is 0 Å². The molecule has 1 N–H and O–H groups in total. The number of pyridine rings is 1. The van der Waals surface area contributed by atoms with Crippen LogP contribution in [0.4, 0.5) is 0 Å². The van der Waals surface area contributed by atoms with Gasteiger partial charge in [-0.25, -0.2) is 9.97 Å². The fourth-order valence-electron chi connectivity index (χ4n) is 2.19. The van der Waals surface area contributed by atoms with E-state index in [1.54, 1.807) is 12.4 Å². The Hall–Kier alpha value is -1.95. The molecule has 2 aromatic heterocycles. The Kier molecular flexibility index (Phi) is 5.89. The van der Waals surface area contributed by atoms with E-state index >= 15 is 0 Å². The number of rotatable bonds is 6. The van der Waals surface area contributed by atoms with Gasteiger partial charge in [0.1, 0.15) is 0 Å². The van der Waals surface area contributed by atoms with Gasteiger partial charge in [0, 0.05) is 36.7 Å². The summed E-state index contributed by atoms with van der Waals surface area (Å²) in [4.78, 5) is 24.8. The molecule has 0 unspecified atom stereocenters. The topological polar surface area (TPSA) is 67.8 Å². The molecule has 1 amide bonds. The molecule has 0 radical (unpaired) electrons. The smallest absolute Gasteiger partial charge is 0.220 e. The van der Waals surface area contributed by atoms with Crippen molar-refractivity contribution in [1.29, 1.82) is 0 Å². The van der Waals surface area contributed by atoms with Gasteiger partial charge in [0.2, 0.25) is 5.91 Å². The highest BCUT2D eigenvalue weighted by Gasteiger charge is 2.10. The molecule has 0 spiro atoms. The zero-order chi connectivity index (χ0) is 15.9. The number of thioether (sulfide) groups is 1. The van der Waals surface area contributed by atoms with E-state index in [0.717, 1.165) is 27.7 Å². The van der Waals surface area contributed by atoms with E-state index in [1.165, 1.54) is 11.8 Å². The molecule has 22 heavy (non-hydrogen) atoms. The number of nitrogens with one attached hydrogen (secondary N) is 1. The van der Waals surface area contributed by atoms with Crippen molar-refractivity contribution in [3.8, 4) is 0 Å². The maximum absolute atomic E-state index is 12.0. The average Bonchev–Trinajstić information content (AvgIpc) is 2.52. The van der Waals surface area contributed by atoms with Crippen molar-refractivity contribution in [3.05, 3.63) is 47.0 Å². The van der Waals surface area contributed by atoms with Crippen LogP contribution in [0.2, 0.25) is 0 Å². The minimum atomic E-state index is 0.0320. The highest BCUT2D eigenvalue weighted by Crippen LogP contribution is 2.17. The van der Waals surface area contributed by atoms with Gasteiger partial charge in [-0.3, -0.25) is 9.78 Å². The van der Waals surface area contributed by atoms with E-state index in [1.807, 2.05) is 32.2 Å². The first-order chi connectivity index (χ1) is 10.6. The minimum Gasteiger partial charge on any atom is -0.352 e. The molecule has 0 aliphatic rings. The van der Waals surface area contributed by atoms with Crippen LogP contribution < -0.4 is 5.32 Å². The molecule has 5 nitrogen and oxygen atoms in total. The number of hydrogen-bond acceptors (Lipinski definition) is 5. The first kappa shape index (κ1) is 16.4. The van der Waals surface area contributed by atoms with Gasteiger partial charge >= 0.3 is 0 Å². The van der Waals surface area contributed by atoms with Gasteiger partial charge in [0.05, 0.1) is 0 Å². The van der Waals surface area contributed by atoms with Gasteiger partial charge < -0.3 is 5.32 Å². The second-order valence-corrected chi connectivity index (χ2v) is 5.77. The number of carbonyl (C=O) groups excluding carboxylic acids is 1. The standard InChI is InChI=1S/C16H20N4OS/c1-11-14(12(2)20-16(19-11)22-3)4-5-15(21)18-10-13-6-8-17-9-7-13/h6-9H,4-5,10H2,1-3H3,(H,18,21). The summed E-state index contributed by atoms with van der Waals surface area (Å²) < 4.78 is 0. The van der Waals surface area contributed by atoms with Gasteiger partial charge in [-0.1, -0.05) is 11.8 Å². The molecular weight excluding hydrogens is 296 g/mol. The fourth-order valence-corrected chi connectivity index (χ4v) is 2.65. The normalized spacial score (nSPS) is 10.5. The summed E-state index contributed by atoms with van der Waals surface area (Å²) in [7, 11) is 0. The van der Waals surface area contributed by atoms with Crippen LogP contribution in [0, 0.1) is 13.8 Å². The second kappa shape index (κ2) is 7.89. The summed E-state index contributed by atoms with van der Waals surface area (Å²) in [6.45, 7) is 4.47. The van der Waals surface area contributed by atoms with E-state index in [-0.39, 0.29) is 5.91 Å². The minimum absolute atomic E-state index is 0.0320. The van der Waals surface area contributed by atoms with Crippen LogP contribution in [0.5, 0.6) is 0 Å². The third-order valence-corrected chi connectivity index (χ3v) is 3.97. The number of aryl methyl sites for hydroxylation is 2. The molecule has 2 heterocycles. The molecule has 2 rings (SSSR count). The molecular formula is C16H20N4OS. The van der Waals surface area contributed by atoms with E-state index < -0.39 is 0 Å². The number of carbonyl (C=O) groups is 1. The Bertz CT molecular complexity index is 623. The SMILES string of the molecule is CSc1nc(C)c(CCC(=O)NCc2ccncc2)c(C)n1. The average molecular weight is 316 g/mol. The molecule has 2 aromatic rings. The predicted octanol–water partition coefficient (Wildman–Crippen LogP) is 2.46. The highest BCUT2D eigenvalue weighted by molar-refractivity contribution is 7.98. The van der Waals surface area contributed by atoms with Crippen LogP contribution in [0.15, 0.2) is 29.7 Å². The zero-order valence-corrected chi connectivity index (χ0v) is 13.9. The molecule has 0 saturated carbocycles. The van der Waals surface area contributed by atoms with Crippen molar-refractivity contribution in [3.63, 3.8) is 0 Å². The van der Waals surface area contributed by atoms with Crippen LogP contribution in [-0.2, 0) is 17.8 Å². The first-order valence-electron chi connectivity index (χ1n) is 7.14. The molecule has 0 aliphatic heterocycles. The largest absolute Gasteiger partial charge is 0.352 e. The predicted molar refractivity (Wildman–Crippen MR) is 87.7 cm³/mol. The van der Waals surface area contributed by atoms with E-state index in [4.69, 9.17) is 0 Å². The van der Waals surface area contributed by atoms with Gasteiger partial charge in [-0.15, -0.1) is 0 Å². The van der Waals surface area contributed by atoms with Crippen molar-refractivity contribution in [1.82, 2.24) is 20.3 Å². The molecule has 0 saturated heterocycles. The van der Waals surface area contributed by atoms with Crippen molar-refractivity contribution < 1.29 is 4.79 Å². The Balaban J connectivity index is 1.89. The van der Waals surface area contributed by atoms with Crippen LogP contribution in [-0.4, -0.2) is 27.1 Å². The lowest BCUT2D eigenvalue weighted by Gasteiger charge is -2.10. The molecule has 6 heteroatoms. The van der Waals surface area contributed by atoms with Gasteiger partial charge in [0.25, 0.3) is 0 Å². The zero-order valence-electron chi connectivity index (χ0n) is 13.1. The summed E-state index contributed by atoms with van der Waals surface area (Å²) in [5.41, 5.74) is 4.03. The Morgan fingerprint density at radius 3 is 2.41 bits per heavy atom. The second-order valence-electron chi connectivity index (χ2n) is 4.99. The summed E-state index contributed by atoms with van der Waals surface area (Å²) in [5, 5.41) is 3.70. The Morgan fingerprint density at radius 1 is 1.18 bits per heavy atom. The number of amides is 1. The summed E-state index contributed by atoms with van der Waals surface area (Å²) in [6, 6.07) is 3.78. The Labute approximate surface area is 135 Å². The Morgan fingerprint density at radius 2 is 1.82 bits per heavy atom. The third kappa shape index (κ3) is 4.53. The van der Waals surface area contributed by atoms with Crippen LogP contribution in [0.1, 0.15) is 28.9 Å². The molecule has 0 aromatic carbocycles. The summed E-state index contributed by atoms with van der Waals surface area (Å²) in [5.74, 6) is 0.0320. The fraction of sp³-hybridized carbons (Fsp3) is 0.375. The third-order valence-electron chi connectivity index (χ3n) is 3.42. The van der Waals surface area contributed by atoms with Crippen molar-refractivity contribution in [2.24, 2.45) is 0 Å². The molecule has 0 bridgehead atoms. The molecule has 0 aliphatic carbocycles. The van der Waals surface area contributed by atoms with Crippen molar-refractivity contribution in [2.45, 2.75) is 38.4 Å². The molecule has 0 fully saturated rings. The van der Waals surface area contributed by atoms with Crippen LogP contribution >= 0.6 is 11.8 Å². The first-order valence-corrected chi connectivity index (χ1v) is 8.36. The summed E-state index contributed by atoms with van der Waals surface area (Å²) >= 11 is 1.53. The van der Waals surface area contributed by atoms with Crippen LogP contribution in [0.3, 0.4) is 0 Å². The van der Waals surface area contributed by atoms with E-state index in [9.17, 15) is 4.79 Å². The number of aromatic nitrogens is 3. The quantitative estimate of drug-likeness (QED) is 0.655. The molecule has 0 atom stereocenters. The van der Waals surface area contributed by atoms with Gasteiger partial charge in [-0.05, 0) is 49.8 Å². The number of nitrogens with zero attached hydrogens (tertiary/aromatic N) is 3. The summed E-state index contributed by atoms with van der Waals surface area (Å²) in [6.07, 6.45) is 6.50. The maximum Gasteiger partial charge on any atom is 0.220 e. The van der Waals surface area contributed by atoms with E-state index in [0.29, 0.717) is 19.4 Å². The molecule has 116 valence electrons.